The summed E-state index contributed by atoms with van der Waals surface area (Å²) in [6.07, 6.45) is 0. The number of rotatable bonds is 7. The van der Waals surface area contributed by atoms with Crippen LogP contribution in [0.15, 0.2) is 50.1 Å². The van der Waals surface area contributed by atoms with Gasteiger partial charge < -0.3 is 9.26 Å². The predicted molar refractivity (Wildman–Crippen MR) is 113 cm³/mol. The van der Waals surface area contributed by atoms with Crippen molar-refractivity contribution in [3.63, 3.8) is 0 Å². The highest BCUT2D eigenvalue weighted by molar-refractivity contribution is 8.00. The van der Waals surface area contributed by atoms with Gasteiger partial charge in [0.15, 0.2) is 16.6 Å². The van der Waals surface area contributed by atoms with Crippen LogP contribution in [0.1, 0.15) is 17.0 Å². The summed E-state index contributed by atoms with van der Waals surface area (Å²) in [7, 11) is 0. The van der Waals surface area contributed by atoms with Crippen molar-refractivity contribution < 1.29 is 14.1 Å². The molecule has 9 nitrogen and oxygen atoms in total. The van der Waals surface area contributed by atoms with Crippen LogP contribution >= 0.6 is 23.1 Å². The fraction of sp³-hybridized carbons (Fsp3) is 0.211. The van der Waals surface area contributed by atoms with Crippen LogP contribution in [-0.4, -0.2) is 32.3 Å². The van der Waals surface area contributed by atoms with E-state index in [-0.39, 0.29) is 18.1 Å². The molecule has 0 unspecified atom stereocenters. The lowest BCUT2D eigenvalue weighted by Gasteiger charge is -2.07. The van der Waals surface area contributed by atoms with Gasteiger partial charge in [0.1, 0.15) is 11.5 Å². The smallest absolute Gasteiger partial charge is 0.287 e. The van der Waals surface area contributed by atoms with Crippen LogP contribution in [0.4, 0.5) is 5.13 Å². The van der Waals surface area contributed by atoms with Crippen molar-refractivity contribution in [1.29, 1.82) is 0 Å². The van der Waals surface area contributed by atoms with Gasteiger partial charge in [-0.15, -0.1) is 14.8 Å². The number of para-hydroxylation sites is 1. The minimum atomic E-state index is -0.318. The summed E-state index contributed by atoms with van der Waals surface area (Å²) in [4.78, 5) is 28.6. The second kappa shape index (κ2) is 8.67. The molecule has 0 aliphatic heterocycles. The van der Waals surface area contributed by atoms with Crippen molar-refractivity contribution >= 4 is 39.8 Å². The number of ether oxygens (including phenoxy) is 1. The zero-order chi connectivity index (χ0) is 21.1. The van der Waals surface area contributed by atoms with E-state index in [2.05, 4.69) is 20.5 Å². The van der Waals surface area contributed by atoms with Gasteiger partial charge in [0, 0.05) is 17.9 Å². The Bertz CT molecular complexity index is 1260. The molecule has 4 rings (SSSR count). The van der Waals surface area contributed by atoms with Crippen molar-refractivity contribution in [3.05, 3.63) is 63.8 Å². The third-order valence-electron chi connectivity index (χ3n) is 3.97. The lowest BCUT2D eigenvalue weighted by molar-refractivity contribution is -0.118. The standard InChI is InChI=1S/C19H17N5O4S2/c1-11-5-3-4-6-14(11)27-9-16(25)21-18-22-23-19(30-18)29-10-13-8-17(26)24-15(20-13)7-12(2)28-24/h3-8H,9-10H2,1-2H3,(H,21,22,25). The summed E-state index contributed by atoms with van der Waals surface area (Å²) in [6, 6.07) is 10.6. The average Bonchev–Trinajstić information content (AvgIpc) is 3.31. The molecule has 30 heavy (non-hydrogen) atoms. The normalized spacial score (nSPS) is 11.0. The largest absolute Gasteiger partial charge is 0.483 e. The van der Waals surface area contributed by atoms with Crippen molar-refractivity contribution in [2.75, 3.05) is 11.9 Å². The first-order chi connectivity index (χ1) is 14.5. The Morgan fingerprint density at radius 3 is 2.93 bits per heavy atom. The third kappa shape index (κ3) is 4.69. The first-order valence-electron chi connectivity index (χ1n) is 8.92. The molecule has 0 aliphatic rings. The van der Waals surface area contributed by atoms with E-state index in [0.29, 0.717) is 38.1 Å². The van der Waals surface area contributed by atoms with Crippen LogP contribution in [0.2, 0.25) is 0 Å². The minimum Gasteiger partial charge on any atom is -0.483 e. The van der Waals surface area contributed by atoms with Crippen LogP contribution in [-0.2, 0) is 10.5 Å². The van der Waals surface area contributed by atoms with Gasteiger partial charge in [-0.05, 0) is 25.5 Å². The van der Waals surface area contributed by atoms with Crippen LogP contribution in [0.3, 0.4) is 0 Å². The molecule has 0 fully saturated rings. The molecule has 3 heterocycles. The van der Waals surface area contributed by atoms with E-state index in [9.17, 15) is 9.59 Å². The zero-order valence-electron chi connectivity index (χ0n) is 16.1. The Morgan fingerprint density at radius 2 is 2.10 bits per heavy atom. The Kier molecular flexibility index (Phi) is 5.81. The summed E-state index contributed by atoms with van der Waals surface area (Å²) in [5.74, 6) is 1.39. The summed E-state index contributed by atoms with van der Waals surface area (Å²) >= 11 is 2.62. The average molecular weight is 444 g/mol. The highest BCUT2D eigenvalue weighted by Crippen LogP contribution is 2.28. The second-order valence-corrected chi connectivity index (χ2v) is 8.55. The van der Waals surface area contributed by atoms with E-state index in [0.717, 1.165) is 10.1 Å². The number of nitrogens with zero attached hydrogens (tertiary/aromatic N) is 4. The quantitative estimate of drug-likeness (QED) is 0.343. The number of carbonyl (C=O) groups excluding carboxylic acids is 1. The van der Waals surface area contributed by atoms with Gasteiger partial charge in [-0.3, -0.25) is 14.9 Å². The number of amides is 1. The zero-order valence-corrected chi connectivity index (χ0v) is 17.7. The predicted octanol–water partition coefficient (Wildman–Crippen LogP) is 3.07. The molecule has 0 saturated carbocycles. The molecular weight excluding hydrogens is 426 g/mol. The Balaban J connectivity index is 1.32. The first kappa shape index (κ1) is 20.1. The molecule has 1 amide bonds. The molecule has 0 saturated heterocycles. The van der Waals surface area contributed by atoms with E-state index in [4.69, 9.17) is 9.26 Å². The SMILES string of the molecule is Cc1cc2nc(CSc3nnc(NC(=O)COc4ccccc4C)s3)cc(=O)n2o1. The number of hydrogen-bond donors (Lipinski definition) is 1. The van der Waals surface area contributed by atoms with Gasteiger partial charge >= 0.3 is 0 Å². The maximum Gasteiger partial charge on any atom is 0.287 e. The molecule has 0 atom stereocenters. The maximum atomic E-state index is 12.1. The number of carbonyl (C=O) groups is 1. The summed E-state index contributed by atoms with van der Waals surface area (Å²) in [5.41, 5.74) is 1.76. The van der Waals surface area contributed by atoms with E-state index in [1.54, 1.807) is 13.0 Å². The number of aryl methyl sites for hydroxylation is 2. The third-order valence-corrected chi connectivity index (χ3v) is 5.98. The van der Waals surface area contributed by atoms with Crippen molar-refractivity contribution in [1.82, 2.24) is 19.8 Å². The topological polar surface area (TPSA) is 112 Å². The first-order valence-corrected chi connectivity index (χ1v) is 10.7. The number of thioether (sulfide) groups is 1. The number of aromatic nitrogens is 4. The van der Waals surface area contributed by atoms with Gasteiger partial charge in [0.05, 0.1) is 5.69 Å². The second-order valence-electron chi connectivity index (χ2n) is 6.35. The van der Waals surface area contributed by atoms with E-state index < -0.39 is 0 Å². The Morgan fingerprint density at radius 1 is 1.27 bits per heavy atom. The van der Waals surface area contributed by atoms with Gasteiger partial charge in [0.2, 0.25) is 5.13 Å². The van der Waals surface area contributed by atoms with E-state index >= 15 is 0 Å². The Hall–Kier alpha value is -3.18. The van der Waals surface area contributed by atoms with Crippen LogP contribution < -0.4 is 15.6 Å². The molecule has 0 radical (unpaired) electrons. The molecule has 154 valence electrons. The van der Waals surface area contributed by atoms with Crippen LogP contribution in [0.25, 0.3) is 5.65 Å². The number of nitrogens with one attached hydrogen (secondary N) is 1. The van der Waals surface area contributed by atoms with Crippen molar-refractivity contribution in [3.8, 4) is 5.75 Å². The Labute approximate surface area is 179 Å². The molecule has 3 aromatic heterocycles. The summed E-state index contributed by atoms with van der Waals surface area (Å²) in [5, 5.41) is 11.1. The van der Waals surface area contributed by atoms with Crippen molar-refractivity contribution in [2.45, 2.75) is 23.9 Å². The number of fused-ring (bicyclic) bond motifs is 1. The number of anilines is 1. The van der Waals surface area contributed by atoms with Crippen LogP contribution in [0.5, 0.6) is 5.75 Å². The molecular formula is C19H17N5O4S2. The molecule has 11 heteroatoms. The van der Waals surface area contributed by atoms with E-state index in [1.807, 2.05) is 31.2 Å². The molecule has 4 aromatic rings. The van der Waals surface area contributed by atoms with Gasteiger partial charge in [-0.2, -0.15) is 0 Å². The summed E-state index contributed by atoms with van der Waals surface area (Å²) < 4.78 is 12.6. The minimum absolute atomic E-state index is 0.120. The molecule has 1 N–H and O–H groups in total. The fourth-order valence-electron chi connectivity index (χ4n) is 2.62. The molecule has 0 aliphatic carbocycles. The van der Waals surface area contributed by atoms with E-state index in [1.165, 1.54) is 29.2 Å². The molecule has 0 spiro atoms. The lowest BCUT2D eigenvalue weighted by atomic mass is 10.2. The highest BCUT2D eigenvalue weighted by Gasteiger charge is 2.12. The monoisotopic (exact) mass is 443 g/mol. The maximum absolute atomic E-state index is 12.1. The fourth-order valence-corrected chi connectivity index (χ4v) is 4.28. The number of benzene rings is 1. The molecule has 1 aromatic carbocycles. The molecule has 0 bridgehead atoms. The van der Waals surface area contributed by atoms with Gasteiger partial charge in [-0.1, -0.05) is 41.3 Å². The summed E-state index contributed by atoms with van der Waals surface area (Å²) in [6.45, 7) is 3.55. The highest BCUT2D eigenvalue weighted by atomic mass is 32.2. The van der Waals surface area contributed by atoms with Gasteiger partial charge in [0.25, 0.3) is 11.5 Å². The van der Waals surface area contributed by atoms with Crippen molar-refractivity contribution in [2.24, 2.45) is 0 Å². The van der Waals surface area contributed by atoms with Gasteiger partial charge in [-0.25, -0.2) is 4.98 Å². The number of hydrogen-bond acceptors (Lipinski definition) is 9. The van der Waals surface area contributed by atoms with Crippen LogP contribution in [0, 0.1) is 13.8 Å². The lowest BCUT2D eigenvalue weighted by Crippen LogP contribution is -2.20.